The second-order valence-corrected chi connectivity index (χ2v) is 6.58. The number of fused-ring (bicyclic) bond motifs is 4. The number of benzene rings is 3. The molecule has 0 bridgehead atoms. The molecule has 0 saturated carbocycles. The molecule has 0 unspecified atom stereocenters. The van der Waals surface area contributed by atoms with Gasteiger partial charge in [-0.05, 0) is 24.3 Å². The van der Waals surface area contributed by atoms with Crippen LogP contribution >= 0.6 is 11.6 Å². The summed E-state index contributed by atoms with van der Waals surface area (Å²) in [7, 11) is 0. The summed E-state index contributed by atoms with van der Waals surface area (Å²) in [5.41, 5.74) is 4.81. The molecular weight excluding hydrogens is 358 g/mol. The first kappa shape index (κ1) is 15.8. The molecule has 0 aliphatic heterocycles. The summed E-state index contributed by atoms with van der Waals surface area (Å²) < 4.78 is 1.87. The van der Waals surface area contributed by atoms with E-state index in [-0.39, 0.29) is 0 Å². The Morgan fingerprint density at radius 1 is 0.852 bits per heavy atom. The Labute approximate surface area is 159 Å². The van der Waals surface area contributed by atoms with Crippen LogP contribution in [0, 0.1) is 0 Å². The van der Waals surface area contributed by atoms with Gasteiger partial charge >= 0.3 is 0 Å². The van der Waals surface area contributed by atoms with E-state index in [1.807, 2.05) is 83.5 Å². The predicted octanol–water partition coefficient (Wildman–Crippen LogP) is 5.20. The van der Waals surface area contributed by atoms with Gasteiger partial charge < -0.3 is 0 Å². The first-order valence-electron chi connectivity index (χ1n) is 8.50. The number of para-hydroxylation sites is 1. The number of H-pyrrole nitrogens is 1. The topological polar surface area (TPSA) is 58.9 Å². The van der Waals surface area contributed by atoms with Crippen LogP contribution in [-0.2, 0) is 0 Å². The Kier molecular flexibility index (Phi) is 3.73. The van der Waals surface area contributed by atoms with Crippen molar-refractivity contribution in [3.05, 3.63) is 84.0 Å². The fraction of sp³-hybridized carbons (Fsp3) is 0. The highest BCUT2D eigenvalue weighted by molar-refractivity contribution is 6.31. The zero-order valence-corrected chi connectivity index (χ0v) is 14.9. The van der Waals surface area contributed by atoms with Crippen molar-refractivity contribution >= 4 is 39.2 Å². The summed E-state index contributed by atoms with van der Waals surface area (Å²) in [4.78, 5) is 9.52. The van der Waals surface area contributed by atoms with Crippen LogP contribution in [0.3, 0.4) is 0 Å². The molecule has 3 aromatic carbocycles. The van der Waals surface area contributed by atoms with Crippen LogP contribution in [0.1, 0.15) is 0 Å². The molecule has 0 aliphatic carbocycles. The molecule has 1 N–H and O–H groups in total. The third-order valence-electron chi connectivity index (χ3n) is 4.42. The molecule has 0 fully saturated rings. The van der Waals surface area contributed by atoms with Gasteiger partial charge in [0.1, 0.15) is 5.69 Å². The fourth-order valence-corrected chi connectivity index (χ4v) is 3.28. The molecule has 130 valence electrons. The predicted molar refractivity (Wildman–Crippen MR) is 108 cm³/mol. The Morgan fingerprint density at radius 3 is 2.56 bits per heavy atom. The molecule has 0 saturated heterocycles. The fourth-order valence-electron chi connectivity index (χ4n) is 3.11. The van der Waals surface area contributed by atoms with Crippen molar-refractivity contribution in [2.24, 2.45) is 0 Å². The van der Waals surface area contributed by atoms with Crippen LogP contribution in [0.25, 0.3) is 38.8 Å². The number of aromatic nitrogens is 5. The number of rotatable bonds is 1. The van der Waals surface area contributed by atoms with E-state index in [1.54, 1.807) is 0 Å². The van der Waals surface area contributed by atoms with Crippen molar-refractivity contribution in [2.75, 3.05) is 0 Å². The highest BCUT2D eigenvalue weighted by atomic mass is 35.5. The van der Waals surface area contributed by atoms with E-state index < -0.39 is 0 Å². The van der Waals surface area contributed by atoms with Crippen molar-refractivity contribution in [2.45, 2.75) is 0 Å². The maximum Gasteiger partial charge on any atom is 0.182 e. The summed E-state index contributed by atoms with van der Waals surface area (Å²) in [6.07, 6.45) is 1.84. The van der Waals surface area contributed by atoms with Crippen molar-refractivity contribution in [3.63, 3.8) is 0 Å². The van der Waals surface area contributed by atoms with E-state index in [9.17, 15) is 0 Å². The highest BCUT2D eigenvalue weighted by Gasteiger charge is 2.10. The molecule has 0 radical (unpaired) electrons. The van der Waals surface area contributed by atoms with Crippen LogP contribution in [0.4, 0.5) is 0 Å². The number of hydrogen-bond acceptors (Lipinski definition) is 3. The normalized spacial score (nSPS) is 11.1. The lowest BCUT2D eigenvalue weighted by Crippen LogP contribution is -1.89. The second-order valence-electron chi connectivity index (χ2n) is 6.15. The van der Waals surface area contributed by atoms with Gasteiger partial charge in [0.2, 0.25) is 0 Å². The summed E-state index contributed by atoms with van der Waals surface area (Å²) in [6, 6.07) is 23.5. The Bertz CT molecular complexity index is 1340. The van der Waals surface area contributed by atoms with Crippen molar-refractivity contribution < 1.29 is 0 Å². The number of halogens is 1. The maximum absolute atomic E-state index is 6.22. The Balaban J connectivity index is 2.03. The van der Waals surface area contributed by atoms with Gasteiger partial charge in [0.25, 0.3) is 0 Å². The lowest BCUT2D eigenvalue weighted by molar-refractivity contribution is 0.880. The monoisotopic (exact) mass is 371 g/mol. The van der Waals surface area contributed by atoms with Gasteiger partial charge in [0.05, 0.1) is 16.6 Å². The molecule has 0 spiro atoms. The largest absolute Gasteiger partial charge is 0.254 e. The third-order valence-corrected chi connectivity index (χ3v) is 4.65. The van der Waals surface area contributed by atoms with Gasteiger partial charge in [-0.1, -0.05) is 60.1 Å². The first-order valence-corrected chi connectivity index (χ1v) is 8.88. The van der Waals surface area contributed by atoms with E-state index in [0.717, 1.165) is 27.7 Å². The van der Waals surface area contributed by atoms with E-state index >= 15 is 0 Å². The van der Waals surface area contributed by atoms with Gasteiger partial charge in [-0.15, -0.1) is 0 Å². The SMILES string of the molecule is Clc1ccc2ncc3ccccc3n3[nH]nc(-c4ccccc4)c3nc2c1. The molecule has 2 heterocycles. The minimum Gasteiger partial charge on any atom is -0.254 e. The lowest BCUT2D eigenvalue weighted by Gasteiger charge is -1.98. The van der Waals surface area contributed by atoms with Gasteiger partial charge in [-0.25, -0.2) is 14.7 Å². The number of nitrogens with zero attached hydrogens (tertiary/aromatic N) is 4. The zero-order chi connectivity index (χ0) is 18.2. The summed E-state index contributed by atoms with van der Waals surface area (Å²) in [6.45, 7) is 0. The smallest absolute Gasteiger partial charge is 0.182 e. The molecule has 5 rings (SSSR count). The average Bonchev–Trinajstić information content (AvgIpc) is 3.13. The minimum atomic E-state index is 0.612. The summed E-state index contributed by atoms with van der Waals surface area (Å²) in [5.74, 6) is 0. The second kappa shape index (κ2) is 6.37. The molecular formula is C21H14ClN5. The molecule has 5 nitrogen and oxygen atoms in total. The van der Waals surface area contributed by atoms with E-state index in [1.165, 1.54) is 0 Å². The van der Waals surface area contributed by atoms with Crippen molar-refractivity contribution in [1.82, 2.24) is 24.8 Å². The lowest BCUT2D eigenvalue weighted by atomic mass is 10.1. The molecule has 2 aromatic heterocycles. The van der Waals surface area contributed by atoms with Gasteiger partial charge in [0, 0.05) is 22.2 Å². The zero-order valence-electron chi connectivity index (χ0n) is 14.2. The third kappa shape index (κ3) is 2.78. The maximum atomic E-state index is 6.22. The van der Waals surface area contributed by atoms with Crippen molar-refractivity contribution in [1.29, 1.82) is 0 Å². The van der Waals surface area contributed by atoms with Gasteiger partial charge in [-0.3, -0.25) is 4.98 Å². The molecule has 0 atom stereocenters. The highest BCUT2D eigenvalue weighted by Crippen LogP contribution is 2.23. The van der Waals surface area contributed by atoms with Gasteiger partial charge in [0.15, 0.2) is 5.65 Å². The Morgan fingerprint density at radius 2 is 1.67 bits per heavy atom. The number of aromatic amines is 1. The van der Waals surface area contributed by atoms with Crippen LogP contribution in [0.15, 0.2) is 79.0 Å². The van der Waals surface area contributed by atoms with E-state index in [0.29, 0.717) is 16.2 Å². The van der Waals surface area contributed by atoms with Gasteiger partial charge in [-0.2, -0.15) is 5.10 Å². The van der Waals surface area contributed by atoms with E-state index in [2.05, 4.69) is 15.3 Å². The van der Waals surface area contributed by atoms with E-state index in [4.69, 9.17) is 16.6 Å². The molecule has 5 aromatic rings. The van der Waals surface area contributed by atoms with Crippen LogP contribution in [-0.4, -0.2) is 24.8 Å². The molecule has 0 aliphatic rings. The van der Waals surface area contributed by atoms with Crippen LogP contribution < -0.4 is 0 Å². The summed E-state index contributed by atoms with van der Waals surface area (Å²) in [5, 5.41) is 9.22. The molecule has 0 amide bonds. The average molecular weight is 372 g/mol. The first-order chi connectivity index (χ1) is 13.3. The summed E-state index contributed by atoms with van der Waals surface area (Å²) >= 11 is 6.22. The van der Waals surface area contributed by atoms with Crippen LogP contribution in [0.5, 0.6) is 0 Å². The number of hydrogen-bond donors (Lipinski definition) is 1. The quantitative estimate of drug-likeness (QED) is 0.440. The number of nitrogens with one attached hydrogen (secondary N) is 1. The molecule has 6 heteroatoms. The van der Waals surface area contributed by atoms with Crippen molar-refractivity contribution in [3.8, 4) is 11.3 Å². The minimum absolute atomic E-state index is 0.612. The van der Waals surface area contributed by atoms with Crippen LogP contribution in [0.2, 0.25) is 5.02 Å². The standard InChI is InChI=1S/C21H14ClN5/c22-16-10-11-17-18(12-16)24-21-20(14-6-2-1-3-7-14)25-26-27(21)19-9-5-4-8-15(19)13-23-17/h1-13,26H. The Hall–Kier alpha value is -3.44. The molecule has 27 heavy (non-hydrogen) atoms.